The predicted octanol–water partition coefficient (Wildman–Crippen LogP) is 1.56. The molecule has 1 N–H and O–H groups in total. The largest absolute Gasteiger partial charge is 0.406 e. The normalized spacial score (nSPS) is 20.0. The van der Waals surface area contributed by atoms with Crippen molar-refractivity contribution in [2.24, 2.45) is 0 Å². The second-order valence-corrected chi connectivity index (χ2v) is 6.75. The highest BCUT2D eigenvalue weighted by atomic mass is 19.4. The number of nitrogens with zero attached hydrogens (tertiary/aromatic N) is 5. The van der Waals surface area contributed by atoms with Gasteiger partial charge in [0.25, 0.3) is 0 Å². The molecule has 8 nitrogen and oxygen atoms in total. The van der Waals surface area contributed by atoms with Crippen LogP contribution in [0, 0.1) is 0 Å². The summed E-state index contributed by atoms with van der Waals surface area (Å²) < 4.78 is 43.3. The van der Waals surface area contributed by atoms with Crippen LogP contribution in [0.4, 0.5) is 13.2 Å². The summed E-state index contributed by atoms with van der Waals surface area (Å²) in [6.07, 6.45) is -1.42. The third kappa shape index (κ3) is 3.70. The first-order valence-corrected chi connectivity index (χ1v) is 8.46. The average Bonchev–Trinajstić information content (AvgIpc) is 3.13. The fourth-order valence-electron chi connectivity index (χ4n) is 3.24. The van der Waals surface area contributed by atoms with E-state index in [1.807, 2.05) is 0 Å². The van der Waals surface area contributed by atoms with Gasteiger partial charge in [0.2, 0.25) is 11.8 Å². The molecule has 2 aromatic rings. The Labute approximate surface area is 146 Å². The van der Waals surface area contributed by atoms with Crippen molar-refractivity contribution in [3.63, 3.8) is 0 Å². The molecule has 2 aliphatic carbocycles. The summed E-state index contributed by atoms with van der Waals surface area (Å²) in [5.41, 5.74) is 1.77. The number of carbonyl (C=O) groups is 1. The van der Waals surface area contributed by atoms with E-state index in [4.69, 9.17) is 4.52 Å². The standard InChI is InChI=1S/C15H17F3N6O2/c16-15(17,18)7-24(9-2-3-9)13(25)6-12-19-14(26-22-12)8-1-4-10-11(5-8)21-23-20-10/h8-9H,1-7H2,(H,20,21,23). The molecule has 0 aromatic carbocycles. The van der Waals surface area contributed by atoms with Crippen LogP contribution in [0.15, 0.2) is 4.52 Å². The summed E-state index contributed by atoms with van der Waals surface area (Å²) >= 11 is 0. The number of fused-ring (bicyclic) bond motifs is 1. The SMILES string of the molecule is O=C(Cc1noc(C2CCc3n[nH]nc3C2)n1)N(CC(F)(F)F)C1CC1. The highest BCUT2D eigenvalue weighted by molar-refractivity contribution is 5.78. The number of hydrogen-bond acceptors (Lipinski definition) is 6. The van der Waals surface area contributed by atoms with Crippen molar-refractivity contribution >= 4 is 5.91 Å². The van der Waals surface area contributed by atoms with E-state index in [2.05, 4.69) is 25.6 Å². The lowest BCUT2D eigenvalue weighted by Crippen LogP contribution is -2.41. The van der Waals surface area contributed by atoms with Gasteiger partial charge in [0.1, 0.15) is 6.54 Å². The number of aryl methyl sites for hydroxylation is 1. The fourth-order valence-corrected chi connectivity index (χ4v) is 3.24. The van der Waals surface area contributed by atoms with Crippen molar-refractivity contribution in [3.05, 3.63) is 23.1 Å². The van der Waals surface area contributed by atoms with Crippen LogP contribution in [0.2, 0.25) is 0 Å². The Morgan fingerprint density at radius 2 is 2.00 bits per heavy atom. The molecule has 0 spiro atoms. The molecule has 0 saturated heterocycles. The van der Waals surface area contributed by atoms with Crippen LogP contribution >= 0.6 is 0 Å². The van der Waals surface area contributed by atoms with Crippen LogP contribution in [0.1, 0.15) is 48.3 Å². The number of H-pyrrole nitrogens is 1. The molecule has 0 aliphatic heterocycles. The van der Waals surface area contributed by atoms with Gasteiger partial charge in [0.15, 0.2) is 5.82 Å². The molecule has 2 aliphatic rings. The molecule has 0 bridgehead atoms. The van der Waals surface area contributed by atoms with E-state index in [0.29, 0.717) is 25.2 Å². The first kappa shape index (κ1) is 17.0. The highest BCUT2D eigenvalue weighted by Gasteiger charge is 2.40. The van der Waals surface area contributed by atoms with Crippen molar-refractivity contribution < 1.29 is 22.5 Å². The lowest BCUT2D eigenvalue weighted by atomic mass is 9.90. The van der Waals surface area contributed by atoms with E-state index < -0.39 is 18.6 Å². The summed E-state index contributed by atoms with van der Waals surface area (Å²) in [5.74, 6) is -0.155. The molecule has 2 aromatic heterocycles. The Bertz CT molecular complexity index is 797. The quantitative estimate of drug-likeness (QED) is 0.857. The number of rotatable bonds is 5. The maximum absolute atomic E-state index is 12.7. The van der Waals surface area contributed by atoms with Gasteiger partial charge in [-0.1, -0.05) is 5.16 Å². The van der Waals surface area contributed by atoms with Crippen LogP contribution in [0.25, 0.3) is 0 Å². The predicted molar refractivity (Wildman–Crippen MR) is 79.9 cm³/mol. The minimum atomic E-state index is -4.42. The van der Waals surface area contributed by atoms with Gasteiger partial charge < -0.3 is 9.42 Å². The van der Waals surface area contributed by atoms with E-state index >= 15 is 0 Å². The number of halogens is 3. The molecule has 1 fully saturated rings. The Hall–Kier alpha value is -2.46. The lowest BCUT2D eigenvalue weighted by molar-refractivity contribution is -0.162. The molecule has 140 valence electrons. The molecule has 1 atom stereocenters. The number of amides is 1. The summed E-state index contributed by atoms with van der Waals surface area (Å²) in [5, 5.41) is 14.5. The van der Waals surface area contributed by atoms with Crippen molar-refractivity contribution in [2.75, 3.05) is 6.54 Å². The Kier molecular flexibility index (Phi) is 4.16. The first-order chi connectivity index (χ1) is 12.4. The zero-order valence-electron chi connectivity index (χ0n) is 13.8. The molecule has 0 radical (unpaired) electrons. The number of nitrogens with one attached hydrogen (secondary N) is 1. The topological polar surface area (TPSA) is 101 Å². The molecule has 2 heterocycles. The Morgan fingerprint density at radius 1 is 1.23 bits per heavy atom. The molecule has 1 saturated carbocycles. The van der Waals surface area contributed by atoms with E-state index in [-0.39, 0.29) is 24.2 Å². The van der Waals surface area contributed by atoms with E-state index in [9.17, 15) is 18.0 Å². The zero-order chi connectivity index (χ0) is 18.3. The summed E-state index contributed by atoms with van der Waals surface area (Å²) in [4.78, 5) is 17.4. The maximum atomic E-state index is 12.7. The molecule has 11 heteroatoms. The second-order valence-electron chi connectivity index (χ2n) is 6.75. The minimum absolute atomic E-state index is 0.0290. The van der Waals surface area contributed by atoms with Crippen LogP contribution in [-0.2, 0) is 24.1 Å². The molecular formula is C15H17F3N6O2. The van der Waals surface area contributed by atoms with Crippen LogP contribution < -0.4 is 0 Å². The van der Waals surface area contributed by atoms with Crippen LogP contribution in [0.5, 0.6) is 0 Å². The third-order valence-corrected chi connectivity index (χ3v) is 4.67. The van der Waals surface area contributed by atoms with Gasteiger partial charge >= 0.3 is 6.18 Å². The zero-order valence-corrected chi connectivity index (χ0v) is 13.8. The number of carbonyl (C=O) groups excluding carboxylic acids is 1. The van der Waals surface area contributed by atoms with Crippen molar-refractivity contribution in [2.45, 2.75) is 56.7 Å². The van der Waals surface area contributed by atoms with Crippen LogP contribution in [0.3, 0.4) is 0 Å². The van der Waals surface area contributed by atoms with E-state index in [1.165, 1.54) is 0 Å². The fraction of sp³-hybridized carbons (Fsp3) is 0.667. The number of aromatic nitrogens is 5. The van der Waals surface area contributed by atoms with Gasteiger partial charge in [0.05, 0.1) is 17.8 Å². The number of alkyl halides is 3. The second kappa shape index (κ2) is 6.36. The van der Waals surface area contributed by atoms with Crippen molar-refractivity contribution in [3.8, 4) is 0 Å². The highest BCUT2D eigenvalue weighted by Crippen LogP contribution is 2.31. The van der Waals surface area contributed by atoms with Gasteiger partial charge in [-0.15, -0.1) is 0 Å². The van der Waals surface area contributed by atoms with E-state index in [0.717, 1.165) is 29.1 Å². The first-order valence-electron chi connectivity index (χ1n) is 8.46. The molecular weight excluding hydrogens is 353 g/mol. The van der Waals surface area contributed by atoms with Crippen LogP contribution in [-0.4, -0.2) is 55.1 Å². The minimum Gasteiger partial charge on any atom is -0.339 e. The average molecular weight is 370 g/mol. The monoisotopic (exact) mass is 370 g/mol. The summed E-state index contributed by atoms with van der Waals surface area (Å²) in [7, 11) is 0. The summed E-state index contributed by atoms with van der Waals surface area (Å²) in [6, 6.07) is -0.334. The lowest BCUT2D eigenvalue weighted by Gasteiger charge is -2.23. The van der Waals surface area contributed by atoms with Crippen molar-refractivity contribution in [1.82, 2.24) is 30.5 Å². The molecule has 26 heavy (non-hydrogen) atoms. The number of hydrogen-bond donors (Lipinski definition) is 1. The van der Waals surface area contributed by atoms with Crippen molar-refractivity contribution in [1.29, 1.82) is 0 Å². The van der Waals surface area contributed by atoms with E-state index in [1.54, 1.807) is 0 Å². The molecule has 1 amide bonds. The number of aromatic amines is 1. The summed E-state index contributed by atoms with van der Waals surface area (Å²) in [6.45, 7) is -1.24. The van der Waals surface area contributed by atoms with Gasteiger partial charge in [-0.2, -0.15) is 33.6 Å². The molecule has 1 unspecified atom stereocenters. The maximum Gasteiger partial charge on any atom is 0.406 e. The Balaban J connectivity index is 1.41. The van der Waals surface area contributed by atoms with Gasteiger partial charge in [-0.3, -0.25) is 4.79 Å². The smallest absolute Gasteiger partial charge is 0.339 e. The van der Waals surface area contributed by atoms with Gasteiger partial charge in [-0.25, -0.2) is 0 Å². The van der Waals surface area contributed by atoms with Gasteiger partial charge in [0, 0.05) is 18.4 Å². The van der Waals surface area contributed by atoms with Gasteiger partial charge in [-0.05, 0) is 25.7 Å². The third-order valence-electron chi connectivity index (χ3n) is 4.67. The Morgan fingerprint density at radius 3 is 2.73 bits per heavy atom. The molecule has 4 rings (SSSR count).